The van der Waals surface area contributed by atoms with Crippen LogP contribution in [0.2, 0.25) is 0 Å². The van der Waals surface area contributed by atoms with Crippen molar-refractivity contribution in [3.63, 3.8) is 0 Å². The van der Waals surface area contributed by atoms with Crippen molar-refractivity contribution in [2.45, 2.75) is 13.8 Å². The quantitative estimate of drug-likeness (QED) is 0.768. The predicted octanol–water partition coefficient (Wildman–Crippen LogP) is 2.86. The maximum absolute atomic E-state index is 4.20. The summed E-state index contributed by atoms with van der Waals surface area (Å²) in [6, 6.07) is 8.28. The average Bonchev–Trinajstić information content (AvgIpc) is 2.29. The van der Waals surface area contributed by atoms with E-state index < -0.39 is 0 Å². The van der Waals surface area contributed by atoms with Gasteiger partial charge in [-0.05, 0) is 25.5 Å². The zero-order valence-corrected chi connectivity index (χ0v) is 9.81. The normalized spacial score (nSPS) is 10.2. The summed E-state index contributed by atoms with van der Waals surface area (Å²) in [4.78, 5) is 10.4. The lowest BCUT2D eigenvalue weighted by Gasteiger charge is -2.22. The number of para-hydroxylation sites is 1. The number of benzene rings is 1. The van der Waals surface area contributed by atoms with Crippen LogP contribution in [0.3, 0.4) is 0 Å². The van der Waals surface area contributed by atoms with Crippen LogP contribution < -0.4 is 4.90 Å². The Hall–Kier alpha value is -1.90. The molecule has 3 nitrogen and oxygen atoms in total. The maximum Gasteiger partial charge on any atom is 0.115 e. The van der Waals surface area contributed by atoms with Crippen LogP contribution >= 0.6 is 0 Å². The number of aromatic nitrogens is 2. The largest absolute Gasteiger partial charge is 0.342 e. The Labute approximate surface area is 95.8 Å². The highest BCUT2D eigenvalue weighted by atomic mass is 15.1. The van der Waals surface area contributed by atoms with Gasteiger partial charge in [0, 0.05) is 12.7 Å². The molecule has 0 saturated carbocycles. The highest BCUT2D eigenvalue weighted by Crippen LogP contribution is 2.26. The molecule has 0 amide bonds. The minimum Gasteiger partial charge on any atom is -0.342 e. The first-order valence-corrected chi connectivity index (χ1v) is 5.26. The predicted molar refractivity (Wildman–Crippen MR) is 66.0 cm³/mol. The smallest absolute Gasteiger partial charge is 0.115 e. The van der Waals surface area contributed by atoms with Gasteiger partial charge in [0.2, 0.25) is 0 Å². The minimum absolute atomic E-state index is 0.987. The topological polar surface area (TPSA) is 29.0 Å². The van der Waals surface area contributed by atoms with Gasteiger partial charge in [-0.25, -0.2) is 9.97 Å². The monoisotopic (exact) mass is 213 g/mol. The van der Waals surface area contributed by atoms with Gasteiger partial charge >= 0.3 is 0 Å². The number of rotatable bonds is 2. The maximum atomic E-state index is 4.20. The Balaban J connectivity index is 2.44. The molecular weight excluding hydrogens is 198 g/mol. The first-order chi connectivity index (χ1) is 7.70. The second-order valence-corrected chi connectivity index (χ2v) is 3.84. The molecule has 0 aliphatic rings. The van der Waals surface area contributed by atoms with Crippen molar-refractivity contribution in [2.24, 2.45) is 0 Å². The molecule has 1 heterocycles. The van der Waals surface area contributed by atoms with Crippen LogP contribution in [0.25, 0.3) is 0 Å². The summed E-state index contributed by atoms with van der Waals surface area (Å²) >= 11 is 0. The van der Waals surface area contributed by atoms with Gasteiger partial charge in [0.1, 0.15) is 6.33 Å². The lowest BCUT2D eigenvalue weighted by Crippen LogP contribution is -2.13. The second kappa shape index (κ2) is 4.31. The Bertz CT molecular complexity index is 449. The van der Waals surface area contributed by atoms with E-state index in [0.29, 0.717) is 0 Å². The van der Waals surface area contributed by atoms with Crippen LogP contribution in [0.1, 0.15) is 11.3 Å². The van der Waals surface area contributed by atoms with E-state index in [-0.39, 0.29) is 0 Å². The van der Waals surface area contributed by atoms with E-state index in [1.165, 1.54) is 11.3 Å². The van der Waals surface area contributed by atoms with Crippen LogP contribution in [-0.2, 0) is 0 Å². The van der Waals surface area contributed by atoms with Crippen molar-refractivity contribution in [1.82, 2.24) is 9.97 Å². The van der Waals surface area contributed by atoms with Crippen LogP contribution in [0.4, 0.5) is 11.4 Å². The Kier molecular flexibility index (Phi) is 2.86. The third-order valence-corrected chi connectivity index (χ3v) is 2.72. The summed E-state index contributed by atoms with van der Waals surface area (Å²) in [6.07, 6.45) is 3.42. The molecule has 0 unspecified atom stereocenters. The molecule has 0 aliphatic heterocycles. The van der Waals surface area contributed by atoms with Gasteiger partial charge in [0.25, 0.3) is 0 Å². The molecule has 82 valence electrons. The third kappa shape index (κ3) is 1.89. The zero-order chi connectivity index (χ0) is 11.5. The van der Waals surface area contributed by atoms with Crippen molar-refractivity contribution in [3.8, 4) is 0 Å². The molecule has 16 heavy (non-hydrogen) atoms. The van der Waals surface area contributed by atoms with Crippen molar-refractivity contribution < 1.29 is 0 Å². The van der Waals surface area contributed by atoms with Gasteiger partial charge in [0.15, 0.2) is 0 Å². The van der Waals surface area contributed by atoms with Crippen LogP contribution in [0.5, 0.6) is 0 Å². The molecule has 0 atom stereocenters. The summed E-state index contributed by atoms with van der Waals surface area (Å²) in [5, 5.41) is 0. The molecule has 2 rings (SSSR count). The third-order valence-electron chi connectivity index (χ3n) is 2.72. The van der Waals surface area contributed by atoms with E-state index in [1.807, 2.05) is 32.3 Å². The molecular formula is C13H15N3. The molecule has 0 radical (unpaired) electrons. The molecule has 0 bridgehead atoms. The second-order valence-electron chi connectivity index (χ2n) is 3.84. The summed E-state index contributed by atoms with van der Waals surface area (Å²) < 4.78 is 0. The van der Waals surface area contributed by atoms with Gasteiger partial charge in [0.05, 0.1) is 17.6 Å². The first kappa shape index (κ1) is 10.6. The summed E-state index contributed by atoms with van der Waals surface area (Å²) in [7, 11) is 2.04. The summed E-state index contributed by atoms with van der Waals surface area (Å²) in [5.74, 6) is 0. The van der Waals surface area contributed by atoms with E-state index in [0.717, 1.165) is 11.4 Å². The van der Waals surface area contributed by atoms with Gasteiger partial charge in [-0.3, -0.25) is 0 Å². The van der Waals surface area contributed by atoms with Crippen LogP contribution in [0.15, 0.2) is 36.8 Å². The molecule has 0 N–H and O–H groups in total. The van der Waals surface area contributed by atoms with Gasteiger partial charge in [-0.2, -0.15) is 0 Å². The highest BCUT2D eigenvalue weighted by molar-refractivity contribution is 5.66. The highest BCUT2D eigenvalue weighted by Gasteiger charge is 2.09. The fraction of sp³-hybridized carbons (Fsp3) is 0.231. The van der Waals surface area contributed by atoms with E-state index in [2.05, 4.69) is 33.9 Å². The van der Waals surface area contributed by atoms with Gasteiger partial charge in [-0.1, -0.05) is 18.2 Å². The molecule has 3 heteroatoms. The number of anilines is 2. The van der Waals surface area contributed by atoms with E-state index >= 15 is 0 Å². The number of nitrogens with zero attached hydrogens (tertiary/aromatic N) is 3. The van der Waals surface area contributed by atoms with E-state index in [4.69, 9.17) is 0 Å². The lowest BCUT2D eigenvalue weighted by atomic mass is 10.2. The molecule has 0 spiro atoms. The zero-order valence-electron chi connectivity index (χ0n) is 9.81. The number of aryl methyl sites for hydroxylation is 2. The van der Waals surface area contributed by atoms with E-state index in [1.54, 1.807) is 6.33 Å². The van der Waals surface area contributed by atoms with Crippen LogP contribution in [-0.4, -0.2) is 17.0 Å². The molecule has 0 saturated heterocycles. The van der Waals surface area contributed by atoms with E-state index in [9.17, 15) is 0 Å². The Morgan fingerprint density at radius 3 is 2.50 bits per heavy atom. The molecule has 2 aromatic rings. The fourth-order valence-electron chi connectivity index (χ4n) is 1.78. The first-order valence-electron chi connectivity index (χ1n) is 5.26. The van der Waals surface area contributed by atoms with Gasteiger partial charge in [-0.15, -0.1) is 0 Å². The van der Waals surface area contributed by atoms with Crippen molar-refractivity contribution in [3.05, 3.63) is 48.0 Å². The Morgan fingerprint density at radius 1 is 1.06 bits per heavy atom. The standard InChI is InChI=1S/C13H15N3/c1-10-6-4-5-7-12(10)16(3)13-8-14-9-15-11(13)2/h4-9H,1-3H3. The SMILES string of the molecule is Cc1ccccc1N(C)c1cncnc1C. The number of hydrogen-bond donors (Lipinski definition) is 0. The molecule has 0 aliphatic carbocycles. The van der Waals surface area contributed by atoms with Crippen molar-refractivity contribution >= 4 is 11.4 Å². The summed E-state index contributed by atoms with van der Waals surface area (Å²) in [6.45, 7) is 4.09. The Morgan fingerprint density at radius 2 is 1.81 bits per heavy atom. The van der Waals surface area contributed by atoms with Crippen molar-refractivity contribution in [2.75, 3.05) is 11.9 Å². The molecule has 1 aromatic carbocycles. The molecule has 1 aromatic heterocycles. The van der Waals surface area contributed by atoms with Gasteiger partial charge < -0.3 is 4.90 Å². The lowest BCUT2D eigenvalue weighted by molar-refractivity contribution is 1.05. The van der Waals surface area contributed by atoms with Crippen molar-refractivity contribution in [1.29, 1.82) is 0 Å². The molecule has 0 fully saturated rings. The van der Waals surface area contributed by atoms with Crippen LogP contribution in [0, 0.1) is 13.8 Å². The fourth-order valence-corrected chi connectivity index (χ4v) is 1.78. The summed E-state index contributed by atoms with van der Waals surface area (Å²) in [5.41, 5.74) is 4.45. The average molecular weight is 213 g/mol. The number of hydrogen-bond acceptors (Lipinski definition) is 3. The minimum atomic E-state index is 0.987.